The Kier molecular flexibility index (Phi) is 4.63. The van der Waals surface area contributed by atoms with Gasteiger partial charge in [0.15, 0.2) is 0 Å². The van der Waals surface area contributed by atoms with Crippen LogP contribution >= 0.6 is 0 Å². The van der Waals surface area contributed by atoms with E-state index < -0.39 is 0 Å². The highest BCUT2D eigenvalue weighted by atomic mass is 14.8. The molecule has 0 spiro atoms. The molecule has 1 atom stereocenters. The molecule has 2 N–H and O–H groups in total. The maximum absolute atomic E-state index is 5.19. The minimum absolute atomic E-state index is 0.413. The normalized spacial score (nSPS) is 16.1. The van der Waals surface area contributed by atoms with Gasteiger partial charge in [0.05, 0.1) is 0 Å². The van der Waals surface area contributed by atoms with E-state index in [1.807, 2.05) is 13.0 Å². The molecule has 0 fully saturated rings. The number of allylic oxidation sites excluding steroid dienone is 1. The van der Waals surface area contributed by atoms with Gasteiger partial charge >= 0.3 is 0 Å². The molecule has 0 saturated heterocycles. The van der Waals surface area contributed by atoms with Gasteiger partial charge in [0.25, 0.3) is 0 Å². The van der Waals surface area contributed by atoms with Crippen molar-refractivity contribution in [3.05, 3.63) is 12.3 Å². The van der Waals surface area contributed by atoms with Crippen molar-refractivity contribution < 1.29 is 0 Å². The summed E-state index contributed by atoms with van der Waals surface area (Å²) in [4.78, 5) is 4.34. The molecule has 0 saturated carbocycles. The van der Waals surface area contributed by atoms with Crippen LogP contribution in [0, 0.1) is 0 Å². The zero-order chi connectivity index (χ0) is 7.98. The molecule has 2 nitrogen and oxygen atoms in total. The van der Waals surface area contributed by atoms with Gasteiger partial charge in [-0.25, -0.2) is 0 Å². The largest absolute Gasteiger partial charge is 0.405 e. The number of nitrogens with zero attached hydrogens (tertiary/aromatic N) is 1. The first-order valence-corrected chi connectivity index (χ1v) is 3.63. The molecule has 1 unspecified atom stereocenters. The van der Waals surface area contributed by atoms with Crippen LogP contribution in [-0.4, -0.2) is 11.8 Å². The molecule has 0 radical (unpaired) electrons. The SMILES string of the molecule is CCC(C)/N=C(C)\C=C/N. The Labute approximate surface area is 62.8 Å². The summed E-state index contributed by atoms with van der Waals surface area (Å²) in [5.41, 5.74) is 6.18. The Bertz CT molecular complexity index is 136. The van der Waals surface area contributed by atoms with Gasteiger partial charge in [-0.1, -0.05) is 6.92 Å². The summed E-state index contributed by atoms with van der Waals surface area (Å²) in [6.45, 7) is 6.16. The Morgan fingerprint density at radius 2 is 2.30 bits per heavy atom. The quantitative estimate of drug-likeness (QED) is 0.595. The van der Waals surface area contributed by atoms with Crippen molar-refractivity contribution in [1.82, 2.24) is 0 Å². The van der Waals surface area contributed by atoms with E-state index in [4.69, 9.17) is 5.73 Å². The Morgan fingerprint density at radius 3 is 2.70 bits per heavy atom. The van der Waals surface area contributed by atoms with Crippen molar-refractivity contribution in [3.8, 4) is 0 Å². The van der Waals surface area contributed by atoms with Crippen LogP contribution in [0.3, 0.4) is 0 Å². The van der Waals surface area contributed by atoms with E-state index in [0.717, 1.165) is 12.1 Å². The molecule has 0 aromatic carbocycles. The monoisotopic (exact) mass is 140 g/mol. The van der Waals surface area contributed by atoms with E-state index in [1.165, 1.54) is 6.20 Å². The summed E-state index contributed by atoms with van der Waals surface area (Å²) in [6, 6.07) is 0.413. The van der Waals surface area contributed by atoms with Crippen LogP contribution in [0.5, 0.6) is 0 Å². The van der Waals surface area contributed by atoms with E-state index in [1.54, 1.807) is 0 Å². The second kappa shape index (κ2) is 5.03. The molecule has 2 heteroatoms. The molecule has 0 aromatic rings. The topological polar surface area (TPSA) is 38.4 Å². The third kappa shape index (κ3) is 4.13. The molecular weight excluding hydrogens is 124 g/mol. The van der Waals surface area contributed by atoms with Crippen LogP contribution in [-0.2, 0) is 0 Å². The molecule has 10 heavy (non-hydrogen) atoms. The van der Waals surface area contributed by atoms with Gasteiger partial charge in [0, 0.05) is 11.8 Å². The molecule has 0 heterocycles. The minimum Gasteiger partial charge on any atom is -0.405 e. The third-order valence-corrected chi connectivity index (χ3v) is 1.35. The first-order chi connectivity index (χ1) is 4.70. The summed E-state index contributed by atoms with van der Waals surface area (Å²) in [7, 11) is 0. The number of rotatable bonds is 3. The predicted molar refractivity (Wildman–Crippen MR) is 46.2 cm³/mol. The van der Waals surface area contributed by atoms with Gasteiger partial charge in [-0.15, -0.1) is 0 Å². The Morgan fingerprint density at radius 1 is 1.70 bits per heavy atom. The highest BCUT2D eigenvalue weighted by Gasteiger charge is 1.92. The smallest absolute Gasteiger partial charge is 0.0472 e. The highest BCUT2D eigenvalue weighted by molar-refractivity contribution is 5.92. The van der Waals surface area contributed by atoms with Gasteiger partial charge in [-0.2, -0.15) is 0 Å². The first-order valence-electron chi connectivity index (χ1n) is 3.63. The van der Waals surface area contributed by atoms with Crippen molar-refractivity contribution in [2.45, 2.75) is 33.2 Å². The molecule has 0 bridgehead atoms. The Hall–Kier alpha value is -0.790. The third-order valence-electron chi connectivity index (χ3n) is 1.35. The fourth-order valence-electron chi connectivity index (χ4n) is 0.621. The number of hydrogen-bond donors (Lipinski definition) is 1. The van der Waals surface area contributed by atoms with Crippen molar-refractivity contribution in [1.29, 1.82) is 0 Å². The zero-order valence-electron chi connectivity index (χ0n) is 6.96. The van der Waals surface area contributed by atoms with E-state index in [2.05, 4.69) is 18.8 Å². The maximum Gasteiger partial charge on any atom is 0.0472 e. The number of aliphatic imine (C=N–C) groups is 1. The van der Waals surface area contributed by atoms with Crippen LogP contribution < -0.4 is 5.73 Å². The summed E-state index contributed by atoms with van der Waals surface area (Å²) < 4.78 is 0. The average molecular weight is 140 g/mol. The standard InChI is InChI=1S/C8H16N2/c1-4-7(2)10-8(3)5-6-9/h5-7H,4,9H2,1-3H3/b6-5-,10-8-. The average Bonchev–Trinajstić information content (AvgIpc) is 1.88. The second-order valence-electron chi connectivity index (χ2n) is 2.39. The van der Waals surface area contributed by atoms with Crippen molar-refractivity contribution >= 4 is 5.71 Å². The molecule has 0 aliphatic heterocycles. The summed E-state index contributed by atoms with van der Waals surface area (Å²) >= 11 is 0. The van der Waals surface area contributed by atoms with Crippen LogP contribution in [0.15, 0.2) is 17.3 Å². The fourth-order valence-corrected chi connectivity index (χ4v) is 0.621. The van der Waals surface area contributed by atoms with Gasteiger partial charge < -0.3 is 5.73 Å². The number of nitrogens with two attached hydrogens (primary N) is 1. The lowest BCUT2D eigenvalue weighted by atomic mass is 10.2. The van der Waals surface area contributed by atoms with Crippen molar-refractivity contribution in [2.24, 2.45) is 10.7 Å². The predicted octanol–water partition coefficient (Wildman–Crippen LogP) is 1.72. The van der Waals surface area contributed by atoms with Gasteiger partial charge in [-0.3, -0.25) is 4.99 Å². The van der Waals surface area contributed by atoms with Gasteiger partial charge in [0.1, 0.15) is 0 Å². The van der Waals surface area contributed by atoms with Crippen LogP contribution in [0.2, 0.25) is 0 Å². The fraction of sp³-hybridized carbons (Fsp3) is 0.625. The Balaban J connectivity index is 3.89. The molecule has 0 aromatic heterocycles. The highest BCUT2D eigenvalue weighted by Crippen LogP contribution is 1.95. The van der Waals surface area contributed by atoms with E-state index in [0.29, 0.717) is 6.04 Å². The van der Waals surface area contributed by atoms with Crippen LogP contribution in [0.25, 0.3) is 0 Å². The lowest BCUT2D eigenvalue weighted by Crippen LogP contribution is -1.99. The van der Waals surface area contributed by atoms with E-state index >= 15 is 0 Å². The zero-order valence-corrected chi connectivity index (χ0v) is 6.96. The van der Waals surface area contributed by atoms with Gasteiger partial charge in [0.2, 0.25) is 0 Å². The molecule has 0 rings (SSSR count). The molecular formula is C8H16N2. The van der Waals surface area contributed by atoms with Crippen LogP contribution in [0.4, 0.5) is 0 Å². The molecule has 0 aliphatic carbocycles. The lowest BCUT2D eigenvalue weighted by molar-refractivity contribution is 0.717. The summed E-state index contributed by atoms with van der Waals surface area (Å²) in [5, 5.41) is 0. The second-order valence-corrected chi connectivity index (χ2v) is 2.39. The maximum atomic E-state index is 5.19. The summed E-state index contributed by atoms with van der Waals surface area (Å²) in [5.74, 6) is 0. The molecule has 58 valence electrons. The minimum atomic E-state index is 0.413. The summed E-state index contributed by atoms with van der Waals surface area (Å²) in [6.07, 6.45) is 4.41. The van der Waals surface area contributed by atoms with E-state index in [9.17, 15) is 0 Å². The lowest BCUT2D eigenvalue weighted by Gasteiger charge is -2.00. The van der Waals surface area contributed by atoms with Gasteiger partial charge in [-0.05, 0) is 32.5 Å². The molecule has 0 aliphatic rings. The van der Waals surface area contributed by atoms with Crippen molar-refractivity contribution in [3.63, 3.8) is 0 Å². The van der Waals surface area contributed by atoms with Crippen molar-refractivity contribution in [2.75, 3.05) is 0 Å². The number of hydrogen-bond acceptors (Lipinski definition) is 2. The van der Waals surface area contributed by atoms with Crippen LogP contribution in [0.1, 0.15) is 27.2 Å². The molecule has 0 amide bonds. The first kappa shape index (κ1) is 9.21. The van der Waals surface area contributed by atoms with E-state index in [-0.39, 0.29) is 0 Å².